The number of aryl methyl sites for hydroxylation is 2. The number of nitrogens with two attached hydrogens (primary N) is 1. The van der Waals surface area contributed by atoms with Crippen molar-refractivity contribution in [1.29, 1.82) is 5.26 Å². The van der Waals surface area contributed by atoms with Gasteiger partial charge in [0.1, 0.15) is 23.2 Å². The molecule has 0 saturated heterocycles. The molecule has 2 heterocycles. The minimum Gasteiger partial charge on any atom is -0.436 e. The number of hydrogen-bond donors (Lipinski definition) is 2. The predicted molar refractivity (Wildman–Crippen MR) is 127 cm³/mol. The highest BCUT2D eigenvalue weighted by atomic mass is 32.2. The first-order valence-electron chi connectivity index (χ1n) is 10.3. The van der Waals surface area contributed by atoms with Crippen molar-refractivity contribution in [2.75, 3.05) is 5.73 Å². The molecule has 1 aromatic carbocycles. The Morgan fingerprint density at radius 1 is 1.12 bits per heavy atom. The van der Waals surface area contributed by atoms with Gasteiger partial charge >= 0.3 is 0 Å². The molecule has 1 amide bonds. The van der Waals surface area contributed by atoms with Gasteiger partial charge in [-0.15, -0.1) is 0 Å². The number of rotatable bonds is 5. The van der Waals surface area contributed by atoms with E-state index in [2.05, 4.69) is 16.0 Å². The summed E-state index contributed by atoms with van der Waals surface area (Å²) in [5.74, 6) is -0.852. The average Bonchev–Trinajstić information content (AvgIpc) is 2.74. The summed E-state index contributed by atoms with van der Waals surface area (Å²) < 4.78 is 33.4. The minimum absolute atomic E-state index is 0.00516. The van der Waals surface area contributed by atoms with Crippen molar-refractivity contribution < 1.29 is 17.9 Å². The molecule has 0 fully saturated rings. The third-order valence-electron chi connectivity index (χ3n) is 4.86. The number of nitrogens with zero attached hydrogens (tertiary/aromatic N) is 3. The highest BCUT2D eigenvalue weighted by Gasteiger charge is 2.26. The Morgan fingerprint density at radius 2 is 1.82 bits per heavy atom. The van der Waals surface area contributed by atoms with Crippen LogP contribution in [0.2, 0.25) is 0 Å². The normalized spacial score (nSPS) is 11.5. The Labute approximate surface area is 198 Å². The number of carbonyl (C=O) groups is 1. The number of ether oxygens (including phenoxy) is 1. The van der Waals surface area contributed by atoms with E-state index >= 15 is 0 Å². The second-order valence-corrected chi connectivity index (χ2v) is 10.4. The molecule has 3 N–H and O–H groups in total. The number of sulfonamides is 1. The summed E-state index contributed by atoms with van der Waals surface area (Å²) in [6.07, 6.45) is 0. The molecule has 34 heavy (non-hydrogen) atoms. The van der Waals surface area contributed by atoms with E-state index in [4.69, 9.17) is 10.5 Å². The summed E-state index contributed by atoms with van der Waals surface area (Å²) in [7, 11) is -4.31. The molecule has 0 aliphatic heterocycles. The standard InChI is InChI=1S/C24H25N5O4S/c1-14-11-15(2)21(16(12-14)13-25)33-23-17(9-10-18(27-23)24(3,4)5)22(30)29-34(31,32)20-8-6-7-19(26)28-20/h6-12H,1-5H3,(H2,26,28)(H,29,30). The van der Waals surface area contributed by atoms with Crippen molar-refractivity contribution in [1.82, 2.24) is 14.7 Å². The number of pyridine rings is 2. The highest BCUT2D eigenvalue weighted by Crippen LogP contribution is 2.33. The fourth-order valence-corrected chi connectivity index (χ4v) is 4.13. The van der Waals surface area contributed by atoms with E-state index < -0.39 is 21.0 Å². The van der Waals surface area contributed by atoms with Crippen LogP contribution >= 0.6 is 0 Å². The van der Waals surface area contributed by atoms with Crippen LogP contribution in [0, 0.1) is 25.2 Å². The number of hydrogen-bond acceptors (Lipinski definition) is 8. The molecule has 9 nitrogen and oxygen atoms in total. The quantitative estimate of drug-likeness (QED) is 0.562. The fraction of sp³-hybridized carbons (Fsp3) is 0.250. The molecule has 2 aromatic heterocycles. The summed E-state index contributed by atoms with van der Waals surface area (Å²) in [5.41, 5.74) is 7.49. The maximum absolute atomic E-state index is 13.0. The number of anilines is 1. The lowest BCUT2D eigenvalue weighted by Crippen LogP contribution is -2.32. The molecular weight excluding hydrogens is 454 g/mol. The van der Waals surface area contributed by atoms with Gasteiger partial charge in [0.2, 0.25) is 5.88 Å². The van der Waals surface area contributed by atoms with Crippen LogP contribution in [0.25, 0.3) is 0 Å². The monoisotopic (exact) mass is 479 g/mol. The zero-order valence-electron chi connectivity index (χ0n) is 19.5. The Bertz CT molecular complexity index is 1420. The van der Waals surface area contributed by atoms with E-state index in [1.165, 1.54) is 24.3 Å². The molecule has 176 valence electrons. The van der Waals surface area contributed by atoms with E-state index in [9.17, 15) is 18.5 Å². The van der Waals surface area contributed by atoms with Crippen molar-refractivity contribution in [3.63, 3.8) is 0 Å². The van der Waals surface area contributed by atoms with Gasteiger partial charge in [0.15, 0.2) is 5.03 Å². The van der Waals surface area contributed by atoms with Crippen LogP contribution in [-0.4, -0.2) is 24.3 Å². The largest absolute Gasteiger partial charge is 0.436 e. The SMILES string of the molecule is Cc1cc(C)c(Oc2nc(C(C)(C)C)ccc2C(=O)NS(=O)(=O)c2cccc(N)n2)c(C#N)c1. The summed E-state index contributed by atoms with van der Waals surface area (Å²) in [5, 5.41) is 9.18. The number of nitrogen functional groups attached to an aromatic ring is 1. The molecular formula is C24H25N5O4S. The van der Waals surface area contributed by atoms with Crippen LogP contribution in [0.15, 0.2) is 47.5 Å². The second kappa shape index (κ2) is 9.11. The maximum atomic E-state index is 13.0. The smallest absolute Gasteiger partial charge is 0.281 e. The molecule has 0 bridgehead atoms. The Hall–Kier alpha value is -3.97. The molecule has 0 saturated carbocycles. The number of carbonyl (C=O) groups excluding carboxylic acids is 1. The van der Waals surface area contributed by atoms with Crippen LogP contribution in [0.4, 0.5) is 5.82 Å². The number of aromatic nitrogens is 2. The van der Waals surface area contributed by atoms with E-state index in [0.717, 1.165) is 5.56 Å². The van der Waals surface area contributed by atoms with Gasteiger partial charge in [0.05, 0.1) is 5.56 Å². The van der Waals surface area contributed by atoms with Crippen LogP contribution in [0.5, 0.6) is 11.6 Å². The molecule has 0 aliphatic carbocycles. The molecule has 10 heteroatoms. The average molecular weight is 480 g/mol. The van der Waals surface area contributed by atoms with E-state index in [1.54, 1.807) is 19.1 Å². The Morgan fingerprint density at radius 3 is 2.44 bits per heavy atom. The molecule has 0 atom stereocenters. The summed E-state index contributed by atoms with van der Waals surface area (Å²) in [6.45, 7) is 9.43. The Balaban J connectivity index is 2.08. The second-order valence-electron chi connectivity index (χ2n) is 8.81. The van der Waals surface area contributed by atoms with Crippen LogP contribution in [0.3, 0.4) is 0 Å². The predicted octanol–water partition coefficient (Wildman–Crippen LogP) is 3.76. The van der Waals surface area contributed by atoms with Gasteiger partial charge in [-0.3, -0.25) is 4.79 Å². The lowest BCUT2D eigenvalue weighted by Gasteiger charge is -2.20. The first-order valence-corrected chi connectivity index (χ1v) is 11.8. The number of amides is 1. The van der Waals surface area contributed by atoms with Crippen molar-refractivity contribution in [3.05, 3.63) is 70.4 Å². The number of nitrogens with one attached hydrogen (secondary N) is 1. The molecule has 0 spiro atoms. The van der Waals surface area contributed by atoms with Gasteiger partial charge in [0, 0.05) is 11.1 Å². The summed E-state index contributed by atoms with van der Waals surface area (Å²) >= 11 is 0. The van der Waals surface area contributed by atoms with Gasteiger partial charge < -0.3 is 10.5 Å². The highest BCUT2D eigenvalue weighted by molar-refractivity contribution is 7.90. The van der Waals surface area contributed by atoms with Gasteiger partial charge in [0.25, 0.3) is 15.9 Å². The van der Waals surface area contributed by atoms with Gasteiger partial charge in [-0.05, 0) is 55.3 Å². The molecule has 3 aromatic rings. The fourth-order valence-electron chi connectivity index (χ4n) is 3.19. The minimum atomic E-state index is -4.31. The van der Waals surface area contributed by atoms with E-state index in [0.29, 0.717) is 11.3 Å². The summed E-state index contributed by atoms with van der Waals surface area (Å²) in [4.78, 5) is 21.3. The van der Waals surface area contributed by atoms with Crippen molar-refractivity contribution in [2.45, 2.75) is 45.1 Å². The van der Waals surface area contributed by atoms with Gasteiger partial charge in [-0.1, -0.05) is 32.9 Å². The zero-order valence-corrected chi connectivity index (χ0v) is 20.3. The van der Waals surface area contributed by atoms with Crippen molar-refractivity contribution >= 4 is 21.7 Å². The third kappa shape index (κ3) is 5.32. The molecule has 0 radical (unpaired) electrons. The zero-order chi connectivity index (χ0) is 25.3. The van der Waals surface area contributed by atoms with Crippen LogP contribution in [0.1, 0.15) is 53.5 Å². The summed E-state index contributed by atoms with van der Waals surface area (Å²) in [6, 6.07) is 12.7. The van der Waals surface area contributed by atoms with Crippen LogP contribution < -0.4 is 15.2 Å². The maximum Gasteiger partial charge on any atom is 0.281 e. The van der Waals surface area contributed by atoms with E-state index in [1.807, 2.05) is 38.5 Å². The first-order chi connectivity index (χ1) is 15.8. The van der Waals surface area contributed by atoms with Crippen molar-refractivity contribution in [3.8, 4) is 17.7 Å². The number of nitriles is 1. The first kappa shape index (κ1) is 24.7. The molecule has 0 aliphatic rings. The molecule has 0 unspecified atom stereocenters. The van der Waals surface area contributed by atoms with Gasteiger partial charge in [-0.25, -0.2) is 14.7 Å². The number of benzene rings is 1. The lowest BCUT2D eigenvalue weighted by molar-refractivity contribution is 0.0978. The van der Waals surface area contributed by atoms with Crippen LogP contribution in [-0.2, 0) is 15.4 Å². The van der Waals surface area contributed by atoms with Crippen molar-refractivity contribution in [2.24, 2.45) is 0 Å². The molecule has 3 rings (SSSR count). The van der Waals surface area contributed by atoms with E-state index in [-0.39, 0.29) is 34.0 Å². The topological polar surface area (TPSA) is 148 Å². The van der Waals surface area contributed by atoms with Gasteiger partial charge in [-0.2, -0.15) is 13.7 Å². The third-order valence-corrected chi connectivity index (χ3v) is 6.09. The lowest BCUT2D eigenvalue weighted by atomic mass is 9.91. The Kier molecular flexibility index (Phi) is 6.61.